The van der Waals surface area contributed by atoms with Crippen LogP contribution >= 0.6 is 0 Å². The van der Waals surface area contributed by atoms with Crippen molar-refractivity contribution >= 4 is 23.3 Å². The molecule has 148 valence electrons. The number of aryl methyl sites for hydroxylation is 1. The maximum Gasteiger partial charge on any atom is 0.322 e. The van der Waals surface area contributed by atoms with Gasteiger partial charge in [-0.3, -0.25) is 9.69 Å². The molecule has 1 unspecified atom stereocenters. The molecule has 3 amide bonds. The summed E-state index contributed by atoms with van der Waals surface area (Å²) in [5.41, 5.74) is 3.40. The average Bonchev–Trinajstić information content (AvgIpc) is 3.11. The molecule has 6 heteroatoms. The van der Waals surface area contributed by atoms with E-state index in [9.17, 15) is 9.59 Å². The molecule has 0 spiro atoms. The topological polar surface area (TPSA) is 73.5 Å². The number of nitrogens with one attached hydrogen (secondary N) is 3. The number of amides is 3. The fraction of sp³-hybridized carbons (Fsp3) is 0.364. The molecule has 1 aliphatic rings. The molecule has 6 nitrogen and oxygen atoms in total. The van der Waals surface area contributed by atoms with E-state index in [0.717, 1.165) is 16.9 Å². The highest BCUT2D eigenvalue weighted by atomic mass is 16.2. The van der Waals surface area contributed by atoms with Gasteiger partial charge in [0.2, 0.25) is 0 Å². The minimum absolute atomic E-state index is 0.0907. The van der Waals surface area contributed by atoms with Crippen molar-refractivity contribution in [3.05, 3.63) is 59.7 Å². The lowest BCUT2D eigenvalue weighted by Crippen LogP contribution is -2.39. The normalized spacial score (nSPS) is 14.7. The molecule has 0 saturated carbocycles. The molecule has 1 saturated heterocycles. The molecular weight excluding hydrogens is 352 g/mol. The van der Waals surface area contributed by atoms with E-state index in [1.807, 2.05) is 49.4 Å². The Morgan fingerprint density at radius 3 is 2.54 bits per heavy atom. The lowest BCUT2D eigenvalue weighted by atomic mass is 10.0. The van der Waals surface area contributed by atoms with Crippen molar-refractivity contribution in [1.82, 2.24) is 10.6 Å². The molecule has 2 aromatic carbocycles. The van der Waals surface area contributed by atoms with E-state index in [-0.39, 0.29) is 18.0 Å². The quantitative estimate of drug-likeness (QED) is 0.689. The first-order valence-electron chi connectivity index (χ1n) is 9.71. The van der Waals surface area contributed by atoms with Crippen LogP contribution in [-0.2, 0) is 0 Å². The van der Waals surface area contributed by atoms with Gasteiger partial charge in [-0.05, 0) is 48.7 Å². The second-order valence-corrected chi connectivity index (χ2v) is 7.46. The van der Waals surface area contributed by atoms with Crippen molar-refractivity contribution in [3.8, 4) is 0 Å². The van der Waals surface area contributed by atoms with Crippen LogP contribution in [0.1, 0.15) is 29.8 Å². The molecule has 3 rings (SSSR count). The Morgan fingerprint density at radius 1 is 1.18 bits per heavy atom. The minimum Gasteiger partial charge on any atom is -0.380 e. The van der Waals surface area contributed by atoms with Gasteiger partial charge in [0.25, 0.3) is 5.91 Å². The SMILES string of the molecule is Cc1cc(C(=O)NCC(Nc2ccccc2)C(C)C)ccc1N1CCNC1=O. The number of hydrogen-bond acceptors (Lipinski definition) is 3. The van der Waals surface area contributed by atoms with Crippen molar-refractivity contribution in [1.29, 1.82) is 0 Å². The Kier molecular flexibility index (Phi) is 6.19. The number of hydrogen-bond donors (Lipinski definition) is 3. The summed E-state index contributed by atoms with van der Waals surface area (Å²) in [5.74, 6) is 0.249. The first-order chi connectivity index (χ1) is 13.5. The van der Waals surface area contributed by atoms with Crippen LogP contribution in [0, 0.1) is 12.8 Å². The Hall–Kier alpha value is -3.02. The molecule has 0 aliphatic carbocycles. The molecular formula is C22H28N4O2. The van der Waals surface area contributed by atoms with Crippen LogP contribution in [0.25, 0.3) is 0 Å². The van der Waals surface area contributed by atoms with Crippen LogP contribution in [-0.4, -0.2) is 37.6 Å². The van der Waals surface area contributed by atoms with Gasteiger partial charge < -0.3 is 16.0 Å². The lowest BCUT2D eigenvalue weighted by molar-refractivity contribution is 0.0950. The van der Waals surface area contributed by atoms with Crippen LogP contribution in [0.4, 0.5) is 16.2 Å². The predicted octanol–water partition coefficient (Wildman–Crippen LogP) is 3.39. The smallest absolute Gasteiger partial charge is 0.322 e. The Balaban J connectivity index is 1.63. The van der Waals surface area contributed by atoms with Gasteiger partial charge in [-0.15, -0.1) is 0 Å². The maximum atomic E-state index is 12.6. The van der Waals surface area contributed by atoms with Crippen molar-refractivity contribution < 1.29 is 9.59 Å². The van der Waals surface area contributed by atoms with Crippen LogP contribution in [0.2, 0.25) is 0 Å². The molecule has 3 N–H and O–H groups in total. The summed E-state index contributed by atoms with van der Waals surface area (Å²) >= 11 is 0. The number of para-hydroxylation sites is 1. The van der Waals surface area contributed by atoms with Gasteiger partial charge in [-0.1, -0.05) is 32.0 Å². The summed E-state index contributed by atoms with van der Waals surface area (Å²) < 4.78 is 0. The number of anilines is 2. The third kappa shape index (κ3) is 4.63. The van der Waals surface area contributed by atoms with E-state index in [2.05, 4.69) is 29.8 Å². The minimum atomic E-state index is -0.110. The number of rotatable bonds is 7. The zero-order valence-electron chi connectivity index (χ0n) is 16.7. The van der Waals surface area contributed by atoms with Gasteiger partial charge in [0.15, 0.2) is 0 Å². The highest BCUT2D eigenvalue weighted by molar-refractivity contribution is 5.97. The monoisotopic (exact) mass is 380 g/mol. The van der Waals surface area contributed by atoms with Gasteiger partial charge in [-0.2, -0.15) is 0 Å². The molecule has 1 atom stereocenters. The summed E-state index contributed by atoms with van der Waals surface area (Å²) in [6, 6.07) is 15.5. The molecule has 28 heavy (non-hydrogen) atoms. The van der Waals surface area contributed by atoms with E-state index in [1.165, 1.54) is 0 Å². The van der Waals surface area contributed by atoms with Crippen molar-refractivity contribution in [2.24, 2.45) is 5.92 Å². The fourth-order valence-corrected chi connectivity index (χ4v) is 3.31. The van der Waals surface area contributed by atoms with Crippen LogP contribution in [0.5, 0.6) is 0 Å². The summed E-state index contributed by atoms with van der Waals surface area (Å²) in [6.45, 7) is 8.00. The summed E-state index contributed by atoms with van der Waals surface area (Å²) in [5, 5.41) is 9.31. The van der Waals surface area contributed by atoms with Gasteiger partial charge in [0.1, 0.15) is 0 Å². The van der Waals surface area contributed by atoms with Crippen LogP contribution in [0.15, 0.2) is 48.5 Å². The molecule has 0 radical (unpaired) electrons. The largest absolute Gasteiger partial charge is 0.380 e. The van der Waals surface area contributed by atoms with Crippen molar-refractivity contribution in [3.63, 3.8) is 0 Å². The van der Waals surface area contributed by atoms with E-state index in [0.29, 0.717) is 31.1 Å². The molecule has 1 aliphatic heterocycles. The highest BCUT2D eigenvalue weighted by Crippen LogP contribution is 2.23. The van der Waals surface area contributed by atoms with Crippen molar-refractivity contribution in [2.75, 3.05) is 29.9 Å². The maximum absolute atomic E-state index is 12.6. The average molecular weight is 380 g/mol. The summed E-state index contributed by atoms with van der Waals surface area (Å²) in [6.07, 6.45) is 0. The standard InChI is InChI=1S/C22H28N4O2/c1-15(2)19(25-18-7-5-4-6-8-18)14-24-21(27)17-9-10-20(16(3)13-17)26-12-11-23-22(26)28/h4-10,13,15,19,25H,11-12,14H2,1-3H3,(H,23,28)(H,24,27). The molecule has 1 heterocycles. The van der Waals surface area contributed by atoms with E-state index in [1.54, 1.807) is 11.0 Å². The third-order valence-corrected chi connectivity index (χ3v) is 5.02. The predicted molar refractivity (Wildman–Crippen MR) is 113 cm³/mol. The molecule has 0 aromatic heterocycles. The highest BCUT2D eigenvalue weighted by Gasteiger charge is 2.23. The zero-order chi connectivity index (χ0) is 20.1. The van der Waals surface area contributed by atoms with Crippen LogP contribution < -0.4 is 20.9 Å². The number of nitrogens with zero attached hydrogens (tertiary/aromatic N) is 1. The van der Waals surface area contributed by atoms with Gasteiger partial charge in [-0.25, -0.2) is 4.79 Å². The molecule has 2 aromatic rings. The van der Waals surface area contributed by atoms with E-state index in [4.69, 9.17) is 0 Å². The molecule has 1 fully saturated rings. The first kappa shape index (κ1) is 19.7. The first-order valence-corrected chi connectivity index (χ1v) is 9.71. The van der Waals surface area contributed by atoms with E-state index < -0.39 is 0 Å². The fourth-order valence-electron chi connectivity index (χ4n) is 3.31. The number of benzene rings is 2. The Bertz CT molecular complexity index is 836. The van der Waals surface area contributed by atoms with E-state index >= 15 is 0 Å². The summed E-state index contributed by atoms with van der Waals surface area (Å²) in [7, 11) is 0. The molecule has 0 bridgehead atoms. The second kappa shape index (κ2) is 8.78. The number of carbonyl (C=O) groups excluding carboxylic acids is 2. The second-order valence-electron chi connectivity index (χ2n) is 7.46. The lowest BCUT2D eigenvalue weighted by Gasteiger charge is -2.24. The van der Waals surface area contributed by atoms with Gasteiger partial charge >= 0.3 is 6.03 Å². The Morgan fingerprint density at radius 2 is 1.93 bits per heavy atom. The van der Waals surface area contributed by atoms with Crippen LogP contribution in [0.3, 0.4) is 0 Å². The van der Waals surface area contributed by atoms with Gasteiger partial charge in [0, 0.05) is 42.6 Å². The number of carbonyl (C=O) groups is 2. The zero-order valence-corrected chi connectivity index (χ0v) is 16.7. The third-order valence-electron chi connectivity index (χ3n) is 5.02. The summed E-state index contributed by atoms with van der Waals surface area (Å²) in [4.78, 5) is 26.2. The van der Waals surface area contributed by atoms with Crippen molar-refractivity contribution in [2.45, 2.75) is 26.8 Å². The van der Waals surface area contributed by atoms with Gasteiger partial charge in [0.05, 0.1) is 0 Å². The Labute approximate surface area is 166 Å². The number of urea groups is 1.